The number of rotatable bonds is 6. The summed E-state index contributed by atoms with van der Waals surface area (Å²) in [4.78, 5) is 0. The van der Waals surface area contributed by atoms with Crippen LogP contribution >= 0.6 is 11.6 Å². The SMILES string of the molecule is CC(CCc1ccco1)NC(C)c1ccc(Cl)c2ccccc12. The lowest BCUT2D eigenvalue weighted by Gasteiger charge is -2.22. The van der Waals surface area contributed by atoms with Crippen LogP contribution in [0.15, 0.2) is 59.2 Å². The predicted molar refractivity (Wildman–Crippen MR) is 97.0 cm³/mol. The Labute approximate surface area is 142 Å². The summed E-state index contributed by atoms with van der Waals surface area (Å²) in [5.41, 5.74) is 1.29. The molecule has 0 saturated carbocycles. The van der Waals surface area contributed by atoms with E-state index in [4.69, 9.17) is 16.0 Å². The molecule has 0 saturated heterocycles. The quantitative estimate of drug-likeness (QED) is 0.622. The molecule has 0 radical (unpaired) electrons. The molecule has 0 spiro atoms. The number of furan rings is 1. The van der Waals surface area contributed by atoms with E-state index in [1.54, 1.807) is 6.26 Å². The van der Waals surface area contributed by atoms with E-state index in [1.807, 2.05) is 24.3 Å². The van der Waals surface area contributed by atoms with Gasteiger partial charge in [-0.1, -0.05) is 41.9 Å². The molecule has 1 aromatic heterocycles. The highest BCUT2D eigenvalue weighted by Gasteiger charge is 2.13. The molecular formula is C20H22ClNO. The maximum absolute atomic E-state index is 6.32. The third kappa shape index (κ3) is 3.77. The first-order valence-electron chi connectivity index (χ1n) is 8.10. The van der Waals surface area contributed by atoms with Crippen LogP contribution < -0.4 is 5.32 Å². The van der Waals surface area contributed by atoms with Gasteiger partial charge in [0.25, 0.3) is 0 Å². The molecule has 0 amide bonds. The first kappa shape index (κ1) is 16.1. The van der Waals surface area contributed by atoms with Crippen molar-refractivity contribution in [2.24, 2.45) is 0 Å². The van der Waals surface area contributed by atoms with E-state index in [9.17, 15) is 0 Å². The van der Waals surface area contributed by atoms with Crippen molar-refractivity contribution in [2.45, 2.75) is 38.8 Å². The molecule has 0 aliphatic heterocycles. The summed E-state index contributed by atoms with van der Waals surface area (Å²) >= 11 is 6.32. The molecule has 3 rings (SSSR count). The zero-order chi connectivity index (χ0) is 16.2. The molecule has 120 valence electrons. The number of aryl methyl sites for hydroxylation is 1. The Balaban J connectivity index is 1.70. The molecular weight excluding hydrogens is 306 g/mol. The summed E-state index contributed by atoms with van der Waals surface area (Å²) in [6, 6.07) is 17.1. The fraction of sp³-hybridized carbons (Fsp3) is 0.300. The van der Waals surface area contributed by atoms with Crippen LogP contribution in [0.25, 0.3) is 10.8 Å². The van der Waals surface area contributed by atoms with Crippen LogP contribution in [-0.4, -0.2) is 6.04 Å². The van der Waals surface area contributed by atoms with E-state index >= 15 is 0 Å². The number of benzene rings is 2. The summed E-state index contributed by atoms with van der Waals surface area (Å²) in [6.45, 7) is 4.43. The highest BCUT2D eigenvalue weighted by atomic mass is 35.5. The van der Waals surface area contributed by atoms with Crippen molar-refractivity contribution in [3.63, 3.8) is 0 Å². The van der Waals surface area contributed by atoms with Crippen LogP contribution in [0.3, 0.4) is 0 Å². The van der Waals surface area contributed by atoms with Crippen LogP contribution in [0.2, 0.25) is 5.02 Å². The van der Waals surface area contributed by atoms with Gasteiger partial charge in [-0.3, -0.25) is 0 Å². The molecule has 23 heavy (non-hydrogen) atoms. The largest absolute Gasteiger partial charge is 0.469 e. The second-order valence-electron chi connectivity index (χ2n) is 6.09. The molecule has 1 heterocycles. The number of hydrogen-bond donors (Lipinski definition) is 1. The van der Waals surface area contributed by atoms with Crippen molar-refractivity contribution in [1.29, 1.82) is 0 Å². The third-order valence-corrected chi connectivity index (χ3v) is 4.64. The minimum absolute atomic E-state index is 0.267. The standard InChI is InChI=1S/C20H22ClNO/c1-14(9-10-16-6-5-13-23-16)22-15(2)17-11-12-20(21)19-8-4-3-7-18(17)19/h3-8,11-15,22H,9-10H2,1-2H3. The fourth-order valence-electron chi connectivity index (χ4n) is 3.08. The molecule has 2 nitrogen and oxygen atoms in total. The van der Waals surface area contributed by atoms with Gasteiger partial charge in [-0.15, -0.1) is 0 Å². The molecule has 0 aliphatic carbocycles. The molecule has 1 N–H and O–H groups in total. The number of nitrogens with one attached hydrogen (secondary N) is 1. The maximum Gasteiger partial charge on any atom is 0.103 e. The average Bonchev–Trinajstić information content (AvgIpc) is 3.07. The number of halogens is 1. The number of fused-ring (bicyclic) bond motifs is 1. The summed E-state index contributed by atoms with van der Waals surface area (Å²) in [5.74, 6) is 1.04. The average molecular weight is 328 g/mol. The highest BCUT2D eigenvalue weighted by Crippen LogP contribution is 2.30. The zero-order valence-electron chi connectivity index (χ0n) is 13.6. The van der Waals surface area contributed by atoms with Crippen molar-refractivity contribution in [3.8, 4) is 0 Å². The van der Waals surface area contributed by atoms with E-state index in [1.165, 1.54) is 10.9 Å². The molecule has 2 atom stereocenters. The van der Waals surface area contributed by atoms with Gasteiger partial charge >= 0.3 is 0 Å². The Morgan fingerprint density at radius 3 is 2.52 bits per heavy atom. The molecule has 2 unspecified atom stereocenters. The number of hydrogen-bond acceptors (Lipinski definition) is 2. The summed E-state index contributed by atoms with van der Waals surface area (Å²) in [6.07, 6.45) is 3.73. The van der Waals surface area contributed by atoms with Gasteiger partial charge in [-0.05, 0) is 49.4 Å². The molecule has 0 bridgehead atoms. The van der Waals surface area contributed by atoms with Crippen molar-refractivity contribution in [2.75, 3.05) is 0 Å². The molecule has 3 heteroatoms. The normalized spacial score (nSPS) is 14.0. The summed E-state index contributed by atoms with van der Waals surface area (Å²) < 4.78 is 5.40. The van der Waals surface area contributed by atoms with Crippen molar-refractivity contribution < 1.29 is 4.42 Å². The van der Waals surface area contributed by atoms with Crippen molar-refractivity contribution in [3.05, 3.63) is 71.1 Å². The lowest BCUT2D eigenvalue weighted by atomic mass is 9.98. The fourth-order valence-corrected chi connectivity index (χ4v) is 3.30. The second-order valence-corrected chi connectivity index (χ2v) is 6.50. The molecule has 3 aromatic rings. The van der Waals surface area contributed by atoms with Gasteiger partial charge < -0.3 is 9.73 Å². The van der Waals surface area contributed by atoms with Crippen LogP contribution in [0.1, 0.15) is 37.6 Å². The van der Waals surface area contributed by atoms with Gasteiger partial charge in [0.15, 0.2) is 0 Å². The van der Waals surface area contributed by atoms with E-state index in [2.05, 4.69) is 43.4 Å². The Morgan fingerprint density at radius 1 is 1.00 bits per heavy atom. The van der Waals surface area contributed by atoms with E-state index in [-0.39, 0.29) is 6.04 Å². The van der Waals surface area contributed by atoms with E-state index in [0.717, 1.165) is 29.0 Å². The third-order valence-electron chi connectivity index (χ3n) is 4.31. The molecule has 2 aromatic carbocycles. The summed E-state index contributed by atoms with van der Waals surface area (Å²) in [5, 5.41) is 6.83. The van der Waals surface area contributed by atoms with Crippen LogP contribution in [0.5, 0.6) is 0 Å². The van der Waals surface area contributed by atoms with Gasteiger partial charge in [0.05, 0.1) is 6.26 Å². The van der Waals surface area contributed by atoms with Crippen LogP contribution in [-0.2, 0) is 6.42 Å². The molecule has 0 aliphatic rings. The second kappa shape index (κ2) is 7.20. The van der Waals surface area contributed by atoms with Gasteiger partial charge in [-0.2, -0.15) is 0 Å². The highest BCUT2D eigenvalue weighted by molar-refractivity contribution is 6.35. The van der Waals surface area contributed by atoms with Crippen molar-refractivity contribution >= 4 is 22.4 Å². The minimum atomic E-state index is 0.267. The summed E-state index contributed by atoms with van der Waals surface area (Å²) in [7, 11) is 0. The topological polar surface area (TPSA) is 25.2 Å². The predicted octanol–water partition coefficient (Wildman–Crippen LogP) is 5.76. The maximum atomic E-state index is 6.32. The van der Waals surface area contributed by atoms with Gasteiger partial charge in [-0.25, -0.2) is 0 Å². The Morgan fingerprint density at radius 2 is 1.78 bits per heavy atom. The Bertz CT molecular complexity index is 766. The zero-order valence-corrected chi connectivity index (χ0v) is 14.3. The Kier molecular flexibility index (Phi) is 5.04. The van der Waals surface area contributed by atoms with Crippen LogP contribution in [0, 0.1) is 0 Å². The molecule has 0 fully saturated rings. The van der Waals surface area contributed by atoms with Gasteiger partial charge in [0.1, 0.15) is 5.76 Å². The Hall–Kier alpha value is -1.77. The minimum Gasteiger partial charge on any atom is -0.469 e. The van der Waals surface area contributed by atoms with Crippen molar-refractivity contribution in [1.82, 2.24) is 5.32 Å². The van der Waals surface area contributed by atoms with Gasteiger partial charge in [0, 0.05) is 28.9 Å². The monoisotopic (exact) mass is 327 g/mol. The van der Waals surface area contributed by atoms with Crippen LogP contribution in [0.4, 0.5) is 0 Å². The lowest BCUT2D eigenvalue weighted by Crippen LogP contribution is -2.29. The first-order valence-corrected chi connectivity index (χ1v) is 8.48. The first-order chi connectivity index (χ1) is 11.1. The van der Waals surface area contributed by atoms with E-state index < -0.39 is 0 Å². The van der Waals surface area contributed by atoms with Gasteiger partial charge in [0.2, 0.25) is 0 Å². The smallest absolute Gasteiger partial charge is 0.103 e. The lowest BCUT2D eigenvalue weighted by molar-refractivity contribution is 0.431. The van der Waals surface area contributed by atoms with E-state index in [0.29, 0.717) is 6.04 Å².